The third kappa shape index (κ3) is 4.57. The summed E-state index contributed by atoms with van der Waals surface area (Å²) >= 11 is 3.26. The summed E-state index contributed by atoms with van der Waals surface area (Å²) in [6.45, 7) is 3.36. The summed E-state index contributed by atoms with van der Waals surface area (Å²) in [5, 5.41) is 4.94. The lowest BCUT2D eigenvalue weighted by Gasteiger charge is -2.26. The number of nitrogens with zero attached hydrogens (tertiary/aromatic N) is 1. The second kappa shape index (κ2) is 8.11. The van der Waals surface area contributed by atoms with E-state index in [1.165, 1.54) is 0 Å². The van der Waals surface area contributed by atoms with Crippen molar-refractivity contribution >= 4 is 34.7 Å². The highest BCUT2D eigenvalue weighted by molar-refractivity contribution is 8.01. The molecule has 7 heteroatoms. The van der Waals surface area contributed by atoms with E-state index in [2.05, 4.69) is 10.3 Å². The smallest absolute Gasteiger partial charge is 0.241 e. The van der Waals surface area contributed by atoms with E-state index in [0.29, 0.717) is 13.2 Å². The van der Waals surface area contributed by atoms with Crippen LogP contribution in [0.2, 0.25) is 0 Å². The maximum absolute atomic E-state index is 12.3. The summed E-state index contributed by atoms with van der Waals surface area (Å²) in [4.78, 5) is 17.8. The average molecular weight is 364 g/mol. The molecule has 3 N–H and O–H groups in total. The summed E-state index contributed by atoms with van der Waals surface area (Å²) in [6.07, 6.45) is 1.69. The number of carbonyl (C=O) groups is 1. The summed E-state index contributed by atoms with van der Waals surface area (Å²) in [6, 6.07) is 7.28. The first-order valence-electron chi connectivity index (χ1n) is 7.96. The first kappa shape index (κ1) is 17.4. The molecule has 0 bridgehead atoms. The number of thiazole rings is 1. The number of nitrogens with one attached hydrogen (secondary N) is 1. The highest BCUT2D eigenvalue weighted by atomic mass is 32.2. The number of hydrogen-bond acceptors (Lipinski definition) is 6. The Labute approximate surface area is 150 Å². The van der Waals surface area contributed by atoms with Crippen molar-refractivity contribution in [1.82, 2.24) is 4.98 Å². The molecule has 1 fully saturated rings. The number of hydrogen-bond donors (Lipinski definition) is 2. The molecule has 0 radical (unpaired) electrons. The van der Waals surface area contributed by atoms with Gasteiger partial charge in [0.05, 0.1) is 6.04 Å². The Bertz CT molecular complexity index is 681. The summed E-state index contributed by atoms with van der Waals surface area (Å²) in [5.41, 5.74) is 7.90. The van der Waals surface area contributed by atoms with Crippen LogP contribution in [-0.4, -0.2) is 30.1 Å². The van der Waals surface area contributed by atoms with E-state index in [9.17, 15) is 4.79 Å². The van der Waals surface area contributed by atoms with E-state index in [1.807, 2.05) is 36.6 Å². The summed E-state index contributed by atoms with van der Waals surface area (Å²) in [5.74, 6) is 0.0690. The molecule has 1 aromatic carbocycles. The lowest BCUT2D eigenvalue weighted by Crippen LogP contribution is -2.43. The predicted molar refractivity (Wildman–Crippen MR) is 97.6 cm³/mol. The maximum Gasteiger partial charge on any atom is 0.241 e. The quantitative estimate of drug-likeness (QED) is 0.852. The SMILES string of the molecule is Cc1csc(Sc2ccc(NC(=O)C(N)C3CCOCC3)cc2)n1. The minimum Gasteiger partial charge on any atom is -0.381 e. The molecule has 0 spiro atoms. The molecule has 1 aromatic heterocycles. The van der Waals surface area contributed by atoms with Crippen molar-refractivity contribution in [2.24, 2.45) is 11.7 Å². The number of ether oxygens (including phenoxy) is 1. The molecule has 2 heterocycles. The van der Waals surface area contributed by atoms with Crippen LogP contribution in [0.1, 0.15) is 18.5 Å². The van der Waals surface area contributed by atoms with Crippen molar-refractivity contribution in [1.29, 1.82) is 0 Å². The molecule has 1 amide bonds. The highest BCUT2D eigenvalue weighted by Gasteiger charge is 2.26. The second-order valence-electron chi connectivity index (χ2n) is 5.85. The predicted octanol–water partition coefficient (Wildman–Crippen LogP) is 3.30. The molecule has 0 aliphatic carbocycles. The molecule has 1 unspecified atom stereocenters. The third-order valence-corrected chi connectivity index (χ3v) is 6.07. The minimum absolute atomic E-state index is 0.127. The molecule has 0 saturated carbocycles. The fraction of sp³-hybridized carbons (Fsp3) is 0.412. The number of nitrogens with two attached hydrogens (primary N) is 1. The third-order valence-electron chi connectivity index (χ3n) is 4.00. The van der Waals surface area contributed by atoms with Crippen LogP contribution in [0.3, 0.4) is 0 Å². The molecule has 1 aliphatic rings. The van der Waals surface area contributed by atoms with Crippen LogP contribution in [0.15, 0.2) is 38.9 Å². The first-order chi connectivity index (χ1) is 11.6. The lowest BCUT2D eigenvalue weighted by molar-refractivity contribution is -0.119. The Morgan fingerprint density at radius 2 is 2.08 bits per heavy atom. The average Bonchev–Trinajstić information content (AvgIpc) is 3.01. The molecule has 24 heavy (non-hydrogen) atoms. The van der Waals surface area contributed by atoms with Gasteiger partial charge in [0, 0.05) is 34.9 Å². The van der Waals surface area contributed by atoms with Gasteiger partial charge in [-0.1, -0.05) is 11.8 Å². The van der Waals surface area contributed by atoms with Gasteiger partial charge in [-0.3, -0.25) is 4.79 Å². The molecule has 1 saturated heterocycles. The Morgan fingerprint density at radius 1 is 1.38 bits per heavy atom. The molecular formula is C17H21N3O2S2. The molecule has 5 nitrogen and oxygen atoms in total. The van der Waals surface area contributed by atoms with E-state index in [1.54, 1.807) is 23.1 Å². The van der Waals surface area contributed by atoms with Gasteiger partial charge in [-0.15, -0.1) is 11.3 Å². The van der Waals surface area contributed by atoms with Crippen molar-refractivity contribution in [3.05, 3.63) is 35.3 Å². The van der Waals surface area contributed by atoms with Crippen LogP contribution < -0.4 is 11.1 Å². The van der Waals surface area contributed by atoms with Gasteiger partial charge in [-0.05, 0) is 49.9 Å². The Hall–Kier alpha value is -1.41. The molecule has 1 atom stereocenters. The van der Waals surface area contributed by atoms with Crippen molar-refractivity contribution in [2.45, 2.75) is 35.0 Å². The number of carbonyl (C=O) groups excluding carboxylic acids is 1. The van der Waals surface area contributed by atoms with Crippen LogP contribution in [-0.2, 0) is 9.53 Å². The van der Waals surface area contributed by atoms with E-state index < -0.39 is 6.04 Å². The first-order valence-corrected chi connectivity index (χ1v) is 9.65. The zero-order valence-corrected chi connectivity index (χ0v) is 15.2. The van der Waals surface area contributed by atoms with Crippen molar-refractivity contribution in [3.63, 3.8) is 0 Å². The monoisotopic (exact) mass is 363 g/mol. The Morgan fingerprint density at radius 3 is 2.71 bits per heavy atom. The molecule has 1 aliphatic heterocycles. The van der Waals surface area contributed by atoms with Gasteiger partial charge in [-0.25, -0.2) is 4.98 Å². The molecule has 128 valence electrons. The number of benzene rings is 1. The molecule has 3 rings (SSSR count). The van der Waals surface area contributed by atoms with Gasteiger partial charge in [0.15, 0.2) is 4.34 Å². The van der Waals surface area contributed by atoms with Crippen molar-refractivity contribution < 1.29 is 9.53 Å². The second-order valence-corrected chi connectivity index (χ2v) is 8.02. The van der Waals surface area contributed by atoms with E-state index >= 15 is 0 Å². The van der Waals surface area contributed by atoms with Crippen molar-refractivity contribution in [3.8, 4) is 0 Å². The lowest BCUT2D eigenvalue weighted by atomic mass is 9.92. The van der Waals surface area contributed by atoms with Gasteiger partial charge < -0.3 is 15.8 Å². The fourth-order valence-electron chi connectivity index (χ4n) is 2.60. The molecule has 2 aromatic rings. The minimum atomic E-state index is -0.485. The number of aryl methyl sites for hydroxylation is 1. The van der Waals surface area contributed by atoms with E-state index in [-0.39, 0.29) is 11.8 Å². The van der Waals surface area contributed by atoms with Gasteiger partial charge in [-0.2, -0.15) is 0 Å². The van der Waals surface area contributed by atoms with Gasteiger partial charge >= 0.3 is 0 Å². The van der Waals surface area contributed by atoms with Crippen LogP contribution in [0.25, 0.3) is 0 Å². The number of rotatable bonds is 5. The fourth-order valence-corrected chi connectivity index (χ4v) is 4.41. The highest BCUT2D eigenvalue weighted by Crippen LogP contribution is 2.31. The van der Waals surface area contributed by atoms with Gasteiger partial charge in [0.2, 0.25) is 5.91 Å². The van der Waals surface area contributed by atoms with Crippen LogP contribution in [0.4, 0.5) is 5.69 Å². The largest absolute Gasteiger partial charge is 0.381 e. The molecular weight excluding hydrogens is 342 g/mol. The van der Waals surface area contributed by atoms with Crippen LogP contribution >= 0.6 is 23.1 Å². The van der Waals surface area contributed by atoms with Gasteiger partial charge in [0.25, 0.3) is 0 Å². The zero-order chi connectivity index (χ0) is 16.9. The van der Waals surface area contributed by atoms with Gasteiger partial charge in [0.1, 0.15) is 0 Å². The maximum atomic E-state index is 12.3. The van der Waals surface area contributed by atoms with E-state index in [4.69, 9.17) is 10.5 Å². The van der Waals surface area contributed by atoms with Crippen LogP contribution in [0.5, 0.6) is 0 Å². The van der Waals surface area contributed by atoms with Crippen molar-refractivity contribution in [2.75, 3.05) is 18.5 Å². The topological polar surface area (TPSA) is 77.2 Å². The normalized spacial score (nSPS) is 16.8. The zero-order valence-electron chi connectivity index (χ0n) is 13.5. The van der Waals surface area contributed by atoms with E-state index in [0.717, 1.165) is 33.5 Å². The summed E-state index contributed by atoms with van der Waals surface area (Å²) < 4.78 is 6.34. The number of anilines is 1. The Balaban J connectivity index is 1.56. The Kier molecular flexibility index (Phi) is 5.89. The number of aromatic nitrogens is 1. The standard InChI is InChI=1S/C17H21N3O2S2/c1-11-10-23-17(19-11)24-14-4-2-13(3-5-14)20-16(21)15(18)12-6-8-22-9-7-12/h2-5,10,12,15H,6-9,18H2,1H3,(H,20,21). The summed E-state index contributed by atoms with van der Waals surface area (Å²) in [7, 11) is 0. The number of amides is 1. The van der Waals surface area contributed by atoms with Crippen LogP contribution in [0, 0.1) is 12.8 Å².